The van der Waals surface area contributed by atoms with Crippen LogP contribution in [0, 0.1) is 18.2 Å². The predicted octanol–water partition coefficient (Wildman–Crippen LogP) is 1.94. The minimum Gasteiger partial charge on any atom is -0.480 e. The summed E-state index contributed by atoms with van der Waals surface area (Å²) in [5, 5.41) is 11.6. The zero-order valence-corrected chi connectivity index (χ0v) is 9.79. The van der Waals surface area contributed by atoms with E-state index in [1.807, 2.05) is 0 Å². The number of halogens is 2. The minimum absolute atomic E-state index is 0.106. The number of terminal acetylenes is 1. The lowest BCUT2D eigenvalue weighted by Gasteiger charge is -2.13. The highest BCUT2D eigenvalue weighted by Gasteiger charge is 2.19. The summed E-state index contributed by atoms with van der Waals surface area (Å²) in [6.45, 7) is 0.106. The fourth-order valence-corrected chi connectivity index (χ4v) is 1.45. The van der Waals surface area contributed by atoms with Crippen LogP contribution in [-0.4, -0.2) is 17.6 Å². The normalized spacial score (nSPS) is 11.8. The van der Waals surface area contributed by atoms with E-state index in [2.05, 4.69) is 27.2 Å². The first-order chi connectivity index (χ1) is 7.56. The second-order valence-corrected chi connectivity index (χ2v) is 3.88. The van der Waals surface area contributed by atoms with Gasteiger partial charge in [0.15, 0.2) is 0 Å². The fraction of sp³-hybridized carbons (Fsp3) is 0.182. The number of carbonyl (C=O) groups is 1. The maximum absolute atomic E-state index is 13.2. The quantitative estimate of drug-likeness (QED) is 0.832. The molecule has 0 saturated carbocycles. The molecule has 0 saturated heterocycles. The summed E-state index contributed by atoms with van der Waals surface area (Å²) < 4.78 is 13.5. The largest absolute Gasteiger partial charge is 0.480 e. The Labute approximate surface area is 101 Å². The summed E-state index contributed by atoms with van der Waals surface area (Å²) in [6, 6.07) is 3.14. The van der Waals surface area contributed by atoms with Crippen LogP contribution in [0.1, 0.15) is 11.6 Å². The average Bonchev–Trinajstić information content (AvgIpc) is 2.23. The Morgan fingerprint density at radius 2 is 2.38 bits per heavy atom. The molecule has 1 atom stereocenters. The van der Waals surface area contributed by atoms with Crippen molar-refractivity contribution in [3.8, 4) is 12.3 Å². The van der Waals surface area contributed by atoms with E-state index in [0.29, 0.717) is 5.56 Å². The molecule has 3 nitrogen and oxygen atoms in total. The molecule has 0 spiro atoms. The number of carboxylic acid groups (broad SMARTS) is 1. The number of benzene rings is 1. The van der Waals surface area contributed by atoms with Crippen LogP contribution in [0.3, 0.4) is 0 Å². The molecular formula is C11H9BrFNO2. The number of nitrogens with one attached hydrogen (secondary N) is 1. The van der Waals surface area contributed by atoms with E-state index >= 15 is 0 Å². The summed E-state index contributed by atoms with van der Waals surface area (Å²) in [5.74, 6) is 0.663. The summed E-state index contributed by atoms with van der Waals surface area (Å²) in [5.41, 5.74) is 0.323. The third-order valence-electron chi connectivity index (χ3n) is 1.93. The van der Waals surface area contributed by atoms with E-state index in [9.17, 15) is 9.18 Å². The standard InChI is InChI=1S/C11H9BrFNO2/c1-2-5-14-10(11(15)16)7-3-4-8(12)9(13)6-7/h1,3-4,6,10,14H,5H2,(H,15,16). The molecule has 0 aromatic heterocycles. The van der Waals surface area contributed by atoms with Gasteiger partial charge in [-0.25, -0.2) is 4.39 Å². The number of hydrogen-bond acceptors (Lipinski definition) is 2. The summed E-state index contributed by atoms with van der Waals surface area (Å²) >= 11 is 2.99. The molecule has 1 rings (SSSR count). The fourth-order valence-electron chi connectivity index (χ4n) is 1.20. The first kappa shape index (κ1) is 12.7. The number of hydrogen-bond donors (Lipinski definition) is 2. The van der Waals surface area contributed by atoms with Crippen LogP contribution >= 0.6 is 15.9 Å². The monoisotopic (exact) mass is 285 g/mol. The lowest BCUT2D eigenvalue weighted by Crippen LogP contribution is -2.28. The van der Waals surface area contributed by atoms with Crippen molar-refractivity contribution in [1.82, 2.24) is 5.32 Å². The Kier molecular flexibility index (Phi) is 4.47. The third-order valence-corrected chi connectivity index (χ3v) is 2.58. The van der Waals surface area contributed by atoms with Gasteiger partial charge in [0, 0.05) is 0 Å². The van der Waals surface area contributed by atoms with Crippen LogP contribution in [0.5, 0.6) is 0 Å². The van der Waals surface area contributed by atoms with Crippen molar-refractivity contribution >= 4 is 21.9 Å². The summed E-state index contributed by atoms with van der Waals surface area (Å²) in [6.07, 6.45) is 5.02. The molecule has 1 unspecified atom stereocenters. The Bertz CT molecular complexity index is 442. The van der Waals surface area contributed by atoms with Crippen molar-refractivity contribution in [2.75, 3.05) is 6.54 Å². The van der Waals surface area contributed by atoms with E-state index in [4.69, 9.17) is 11.5 Å². The van der Waals surface area contributed by atoms with Crippen molar-refractivity contribution in [2.45, 2.75) is 6.04 Å². The van der Waals surface area contributed by atoms with Crippen molar-refractivity contribution in [1.29, 1.82) is 0 Å². The van der Waals surface area contributed by atoms with Crippen LogP contribution in [-0.2, 0) is 4.79 Å². The average molecular weight is 286 g/mol. The number of rotatable bonds is 4. The lowest BCUT2D eigenvalue weighted by molar-refractivity contribution is -0.139. The Morgan fingerprint density at radius 3 is 2.88 bits per heavy atom. The van der Waals surface area contributed by atoms with Crippen molar-refractivity contribution in [3.63, 3.8) is 0 Å². The van der Waals surface area contributed by atoms with Crippen LogP contribution in [0.2, 0.25) is 0 Å². The van der Waals surface area contributed by atoms with Gasteiger partial charge in [0.1, 0.15) is 11.9 Å². The highest BCUT2D eigenvalue weighted by molar-refractivity contribution is 9.10. The van der Waals surface area contributed by atoms with Gasteiger partial charge in [-0.1, -0.05) is 12.0 Å². The van der Waals surface area contributed by atoms with E-state index in [1.54, 1.807) is 0 Å². The van der Waals surface area contributed by atoms with Gasteiger partial charge >= 0.3 is 5.97 Å². The molecule has 0 amide bonds. The maximum Gasteiger partial charge on any atom is 0.325 e. The second-order valence-electron chi connectivity index (χ2n) is 3.03. The molecule has 0 aliphatic rings. The number of carboxylic acids is 1. The number of aliphatic carboxylic acids is 1. The van der Waals surface area contributed by atoms with E-state index in [0.717, 1.165) is 6.07 Å². The first-order valence-electron chi connectivity index (χ1n) is 4.41. The molecule has 2 N–H and O–H groups in total. The van der Waals surface area contributed by atoms with Gasteiger partial charge in [-0.2, -0.15) is 0 Å². The minimum atomic E-state index is -1.10. The van der Waals surface area contributed by atoms with Crippen molar-refractivity contribution in [2.24, 2.45) is 0 Å². The van der Waals surface area contributed by atoms with Crippen molar-refractivity contribution < 1.29 is 14.3 Å². The smallest absolute Gasteiger partial charge is 0.325 e. The van der Waals surface area contributed by atoms with Gasteiger partial charge in [-0.3, -0.25) is 10.1 Å². The molecule has 1 aromatic carbocycles. The van der Waals surface area contributed by atoms with Crippen LogP contribution in [0.4, 0.5) is 4.39 Å². The first-order valence-corrected chi connectivity index (χ1v) is 5.20. The summed E-state index contributed by atoms with van der Waals surface area (Å²) in [4.78, 5) is 10.9. The maximum atomic E-state index is 13.2. The molecule has 1 aromatic rings. The Balaban J connectivity index is 2.97. The third kappa shape index (κ3) is 3.05. The molecule has 16 heavy (non-hydrogen) atoms. The van der Waals surface area contributed by atoms with Gasteiger partial charge in [0.2, 0.25) is 0 Å². The highest BCUT2D eigenvalue weighted by Crippen LogP contribution is 2.20. The summed E-state index contributed by atoms with van der Waals surface area (Å²) in [7, 11) is 0. The SMILES string of the molecule is C#CCNC(C(=O)O)c1ccc(Br)c(F)c1. The molecule has 0 bridgehead atoms. The molecular weight excluding hydrogens is 277 g/mol. The van der Waals surface area contributed by atoms with Crippen LogP contribution in [0.15, 0.2) is 22.7 Å². The molecule has 0 radical (unpaired) electrons. The van der Waals surface area contributed by atoms with Gasteiger partial charge in [-0.05, 0) is 33.6 Å². The molecule has 5 heteroatoms. The van der Waals surface area contributed by atoms with E-state index in [-0.39, 0.29) is 11.0 Å². The molecule has 84 valence electrons. The van der Waals surface area contributed by atoms with Gasteiger partial charge < -0.3 is 5.11 Å². The van der Waals surface area contributed by atoms with Crippen molar-refractivity contribution in [3.05, 3.63) is 34.1 Å². The van der Waals surface area contributed by atoms with Gasteiger partial charge in [0.25, 0.3) is 0 Å². The Morgan fingerprint density at radius 1 is 1.69 bits per heavy atom. The van der Waals surface area contributed by atoms with Gasteiger partial charge in [0.05, 0.1) is 11.0 Å². The molecule has 0 heterocycles. The zero-order chi connectivity index (χ0) is 12.1. The second kappa shape index (κ2) is 5.64. The van der Waals surface area contributed by atoms with E-state index < -0.39 is 17.8 Å². The highest BCUT2D eigenvalue weighted by atomic mass is 79.9. The molecule has 0 aliphatic heterocycles. The van der Waals surface area contributed by atoms with Crippen LogP contribution < -0.4 is 5.32 Å². The molecule has 0 fully saturated rings. The zero-order valence-electron chi connectivity index (χ0n) is 8.21. The van der Waals surface area contributed by atoms with E-state index in [1.165, 1.54) is 12.1 Å². The Hall–Kier alpha value is -1.38. The lowest BCUT2D eigenvalue weighted by atomic mass is 10.1. The topological polar surface area (TPSA) is 49.3 Å². The van der Waals surface area contributed by atoms with Crippen LogP contribution in [0.25, 0.3) is 0 Å². The predicted molar refractivity (Wildman–Crippen MR) is 61.3 cm³/mol. The molecule has 0 aliphatic carbocycles. The van der Waals surface area contributed by atoms with Gasteiger partial charge in [-0.15, -0.1) is 6.42 Å².